The molecule has 1 aromatic heterocycles. The molecule has 0 aliphatic heterocycles. The van der Waals surface area contributed by atoms with Gasteiger partial charge in [-0.15, -0.1) is 35.3 Å². The standard InChI is InChI=1S/C20H29N3O2S.HI/c1-5-21-20(23-14(2)12-18-9-6-15(3)26-18)22-11-10-16-7-8-17(25-4)13-19(16)24;/h6-9,13-14,24H,5,10-12H2,1-4H3,(H2,21,22,23);1H. The number of nitrogens with zero attached hydrogens (tertiary/aromatic N) is 1. The van der Waals surface area contributed by atoms with Crippen LogP contribution in [0, 0.1) is 6.92 Å². The molecule has 1 heterocycles. The molecule has 0 fully saturated rings. The average molecular weight is 503 g/mol. The molecule has 0 radical (unpaired) electrons. The van der Waals surface area contributed by atoms with Crippen molar-refractivity contribution in [2.24, 2.45) is 4.99 Å². The Morgan fingerprint density at radius 3 is 2.67 bits per heavy atom. The number of hydrogen-bond acceptors (Lipinski definition) is 4. The van der Waals surface area contributed by atoms with E-state index in [-0.39, 0.29) is 29.7 Å². The Labute approximate surface area is 183 Å². The quantitative estimate of drug-likeness (QED) is 0.288. The summed E-state index contributed by atoms with van der Waals surface area (Å²) in [6.07, 6.45) is 1.65. The highest BCUT2D eigenvalue weighted by Gasteiger charge is 2.08. The molecule has 7 heteroatoms. The first kappa shape index (κ1) is 23.6. The molecular weight excluding hydrogens is 473 g/mol. The van der Waals surface area contributed by atoms with Crippen LogP contribution >= 0.6 is 35.3 Å². The van der Waals surface area contributed by atoms with Crippen LogP contribution in [0.1, 0.15) is 29.2 Å². The second-order valence-electron chi connectivity index (χ2n) is 6.27. The third kappa shape index (κ3) is 7.96. The van der Waals surface area contributed by atoms with Crippen LogP contribution < -0.4 is 15.4 Å². The van der Waals surface area contributed by atoms with Gasteiger partial charge >= 0.3 is 0 Å². The minimum absolute atomic E-state index is 0. The Hall–Kier alpha value is -1.48. The Kier molecular flexibility index (Phi) is 10.5. The molecule has 5 nitrogen and oxygen atoms in total. The summed E-state index contributed by atoms with van der Waals surface area (Å²) in [6, 6.07) is 10.0. The van der Waals surface area contributed by atoms with E-state index in [4.69, 9.17) is 4.74 Å². The summed E-state index contributed by atoms with van der Waals surface area (Å²) >= 11 is 1.84. The van der Waals surface area contributed by atoms with Crippen molar-refractivity contribution in [3.63, 3.8) is 0 Å². The highest BCUT2D eigenvalue weighted by Crippen LogP contribution is 2.23. The molecule has 0 saturated heterocycles. The molecule has 1 atom stereocenters. The Morgan fingerprint density at radius 1 is 1.30 bits per heavy atom. The van der Waals surface area contributed by atoms with Crippen molar-refractivity contribution < 1.29 is 9.84 Å². The normalized spacial score (nSPS) is 12.2. The van der Waals surface area contributed by atoms with Gasteiger partial charge < -0.3 is 20.5 Å². The number of aliphatic imine (C=N–C) groups is 1. The summed E-state index contributed by atoms with van der Waals surface area (Å²) in [5.74, 6) is 1.71. The van der Waals surface area contributed by atoms with Gasteiger partial charge in [-0.1, -0.05) is 6.07 Å². The van der Waals surface area contributed by atoms with Crippen LogP contribution in [0.3, 0.4) is 0 Å². The molecule has 0 saturated carbocycles. The van der Waals surface area contributed by atoms with Crippen molar-refractivity contribution in [1.29, 1.82) is 0 Å². The van der Waals surface area contributed by atoms with Crippen molar-refractivity contribution >= 4 is 41.3 Å². The van der Waals surface area contributed by atoms with E-state index in [0.717, 1.165) is 24.5 Å². The summed E-state index contributed by atoms with van der Waals surface area (Å²) in [5, 5.41) is 16.8. The molecule has 0 amide bonds. The minimum Gasteiger partial charge on any atom is -0.508 e. The SMILES string of the molecule is CCNC(=NCCc1ccc(OC)cc1O)NC(C)Cc1ccc(C)s1.I. The summed E-state index contributed by atoms with van der Waals surface area (Å²) < 4.78 is 5.11. The van der Waals surface area contributed by atoms with Crippen LogP contribution in [-0.4, -0.2) is 37.3 Å². The number of ether oxygens (including phenoxy) is 1. The van der Waals surface area contributed by atoms with E-state index in [0.29, 0.717) is 24.8 Å². The van der Waals surface area contributed by atoms with Crippen LogP contribution in [0.4, 0.5) is 0 Å². The third-order valence-electron chi connectivity index (χ3n) is 3.97. The number of aromatic hydroxyl groups is 1. The van der Waals surface area contributed by atoms with Crippen molar-refractivity contribution in [1.82, 2.24) is 10.6 Å². The number of guanidine groups is 1. The number of hydrogen-bond donors (Lipinski definition) is 3. The van der Waals surface area contributed by atoms with Crippen molar-refractivity contribution in [3.05, 3.63) is 45.6 Å². The number of thiophene rings is 1. The maximum atomic E-state index is 10.0. The van der Waals surface area contributed by atoms with Gasteiger partial charge in [0.15, 0.2) is 5.96 Å². The predicted octanol–water partition coefficient (Wildman–Crippen LogP) is 4.12. The molecule has 3 N–H and O–H groups in total. The molecule has 0 spiro atoms. The Bertz CT molecular complexity index is 734. The van der Waals surface area contributed by atoms with Gasteiger partial charge in [-0.3, -0.25) is 4.99 Å². The van der Waals surface area contributed by atoms with Gasteiger partial charge in [0.2, 0.25) is 0 Å². The minimum atomic E-state index is 0. The maximum Gasteiger partial charge on any atom is 0.191 e. The van der Waals surface area contributed by atoms with Gasteiger partial charge in [0.1, 0.15) is 11.5 Å². The fraction of sp³-hybridized carbons (Fsp3) is 0.450. The second kappa shape index (κ2) is 12.1. The highest BCUT2D eigenvalue weighted by molar-refractivity contribution is 14.0. The molecule has 0 bridgehead atoms. The van der Waals surface area contributed by atoms with Gasteiger partial charge in [-0.25, -0.2) is 0 Å². The lowest BCUT2D eigenvalue weighted by Gasteiger charge is -2.17. The fourth-order valence-corrected chi connectivity index (χ4v) is 3.69. The first-order valence-electron chi connectivity index (χ1n) is 8.97. The van der Waals surface area contributed by atoms with Gasteiger partial charge in [0, 0.05) is 41.4 Å². The van der Waals surface area contributed by atoms with Crippen LogP contribution in [0.2, 0.25) is 0 Å². The van der Waals surface area contributed by atoms with Crippen molar-refractivity contribution in [3.8, 4) is 11.5 Å². The maximum absolute atomic E-state index is 10.0. The predicted molar refractivity (Wildman–Crippen MR) is 125 cm³/mol. The monoisotopic (exact) mass is 503 g/mol. The zero-order valence-electron chi connectivity index (χ0n) is 16.4. The van der Waals surface area contributed by atoms with Crippen LogP contribution in [0.25, 0.3) is 0 Å². The first-order chi connectivity index (χ1) is 12.5. The molecule has 0 aliphatic carbocycles. The van der Waals surface area contributed by atoms with Gasteiger partial charge in [-0.05, 0) is 51.0 Å². The lowest BCUT2D eigenvalue weighted by atomic mass is 10.1. The summed E-state index contributed by atoms with van der Waals surface area (Å²) in [6.45, 7) is 7.76. The largest absolute Gasteiger partial charge is 0.508 e. The zero-order chi connectivity index (χ0) is 18.9. The molecule has 2 aromatic rings. The van der Waals surface area contributed by atoms with E-state index >= 15 is 0 Å². The van der Waals surface area contributed by atoms with Crippen LogP contribution in [0.5, 0.6) is 11.5 Å². The lowest BCUT2D eigenvalue weighted by molar-refractivity contribution is 0.406. The molecule has 150 valence electrons. The molecule has 1 aromatic carbocycles. The highest BCUT2D eigenvalue weighted by atomic mass is 127. The topological polar surface area (TPSA) is 65.9 Å². The molecule has 27 heavy (non-hydrogen) atoms. The number of benzene rings is 1. The van der Waals surface area contributed by atoms with Crippen LogP contribution in [0.15, 0.2) is 35.3 Å². The number of methoxy groups -OCH3 is 1. The van der Waals surface area contributed by atoms with E-state index < -0.39 is 0 Å². The molecule has 1 unspecified atom stereocenters. The molecule has 2 rings (SSSR count). The number of phenols is 1. The summed E-state index contributed by atoms with van der Waals surface area (Å²) in [5.41, 5.74) is 0.868. The summed E-state index contributed by atoms with van der Waals surface area (Å²) in [7, 11) is 1.59. The molecular formula is C20H30IN3O2S. The fourth-order valence-electron chi connectivity index (χ4n) is 2.67. The van der Waals surface area contributed by atoms with Crippen molar-refractivity contribution in [2.45, 2.75) is 39.7 Å². The van der Waals surface area contributed by atoms with Gasteiger partial charge in [0.05, 0.1) is 7.11 Å². The van der Waals surface area contributed by atoms with Gasteiger partial charge in [0.25, 0.3) is 0 Å². The third-order valence-corrected chi connectivity index (χ3v) is 5.00. The molecule has 0 aliphatic rings. The Balaban J connectivity index is 0.00000364. The zero-order valence-corrected chi connectivity index (χ0v) is 19.6. The van der Waals surface area contributed by atoms with E-state index in [1.54, 1.807) is 13.2 Å². The van der Waals surface area contributed by atoms with Crippen molar-refractivity contribution in [2.75, 3.05) is 20.2 Å². The van der Waals surface area contributed by atoms with Gasteiger partial charge in [-0.2, -0.15) is 0 Å². The second-order valence-corrected chi connectivity index (χ2v) is 7.64. The van der Waals surface area contributed by atoms with Crippen LogP contribution in [-0.2, 0) is 12.8 Å². The number of halogens is 1. The van der Waals surface area contributed by atoms with E-state index in [1.165, 1.54) is 9.75 Å². The number of rotatable bonds is 8. The number of aryl methyl sites for hydroxylation is 1. The first-order valence-corrected chi connectivity index (χ1v) is 9.79. The van der Waals surface area contributed by atoms with E-state index in [1.807, 2.05) is 23.5 Å². The smallest absolute Gasteiger partial charge is 0.191 e. The Morgan fingerprint density at radius 2 is 2.07 bits per heavy atom. The van der Waals surface area contributed by atoms with E-state index in [9.17, 15) is 5.11 Å². The lowest BCUT2D eigenvalue weighted by Crippen LogP contribution is -2.43. The summed E-state index contributed by atoms with van der Waals surface area (Å²) in [4.78, 5) is 7.35. The number of nitrogens with one attached hydrogen (secondary N) is 2. The van der Waals surface area contributed by atoms with E-state index in [2.05, 4.69) is 48.5 Å². The average Bonchev–Trinajstić information content (AvgIpc) is 3.01. The number of phenolic OH excluding ortho intramolecular Hbond substituents is 1.